The molecular weight excluding hydrogens is 264 g/mol. The number of hydrogen-bond donors (Lipinski definition) is 1. The van der Waals surface area contributed by atoms with Crippen LogP contribution >= 0.6 is 0 Å². The highest BCUT2D eigenvalue weighted by atomic mass is 16.5. The second-order valence-electron chi connectivity index (χ2n) is 5.16. The Morgan fingerprint density at radius 2 is 1.95 bits per heavy atom. The molecule has 0 aromatic heterocycles. The zero-order chi connectivity index (χ0) is 15.5. The number of nitrogens with zero attached hydrogens (tertiary/aromatic N) is 1. The molecule has 1 rings (SSSR count). The summed E-state index contributed by atoms with van der Waals surface area (Å²) >= 11 is 0. The minimum atomic E-state index is 0.198. The van der Waals surface area contributed by atoms with Gasteiger partial charge in [0.25, 0.3) is 0 Å². The molecule has 1 N–H and O–H groups in total. The van der Waals surface area contributed by atoms with Gasteiger partial charge in [-0.3, -0.25) is 4.79 Å². The summed E-state index contributed by atoms with van der Waals surface area (Å²) in [4.78, 5) is 14.0. The van der Waals surface area contributed by atoms with Crippen LogP contribution < -0.4 is 10.1 Å². The van der Waals surface area contributed by atoms with E-state index in [0.29, 0.717) is 6.54 Å². The van der Waals surface area contributed by atoms with Crippen LogP contribution in [0.4, 0.5) is 0 Å². The van der Waals surface area contributed by atoms with Crippen LogP contribution in [0, 0.1) is 0 Å². The summed E-state index contributed by atoms with van der Waals surface area (Å²) in [6.07, 6.45) is 2.91. The fraction of sp³-hybridized carbons (Fsp3) is 0.588. The van der Waals surface area contributed by atoms with Crippen molar-refractivity contribution in [1.29, 1.82) is 0 Å². The standard InChI is InChI=1S/C17H28N2O2/c1-4-11-19(12-5-2)17(20)14-18-10-9-15-7-6-8-16(13-15)21-3/h6-8,13,18H,4-5,9-12,14H2,1-3H3. The zero-order valence-corrected chi connectivity index (χ0v) is 13.5. The molecule has 0 saturated heterocycles. The van der Waals surface area contributed by atoms with Gasteiger partial charge in [-0.2, -0.15) is 0 Å². The minimum absolute atomic E-state index is 0.198. The molecule has 0 radical (unpaired) electrons. The highest BCUT2D eigenvalue weighted by Crippen LogP contribution is 2.12. The minimum Gasteiger partial charge on any atom is -0.497 e. The van der Waals surface area contributed by atoms with Gasteiger partial charge >= 0.3 is 0 Å². The van der Waals surface area contributed by atoms with Crippen molar-refractivity contribution < 1.29 is 9.53 Å². The summed E-state index contributed by atoms with van der Waals surface area (Å²) in [7, 11) is 1.67. The quantitative estimate of drug-likeness (QED) is 0.674. The van der Waals surface area contributed by atoms with Crippen LogP contribution in [0.3, 0.4) is 0 Å². The molecule has 0 saturated carbocycles. The molecule has 0 spiro atoms. The van der Waals surface area contributed by atoms with Crippen molar-refractivity contribution >= 4 is 5.91 Å². The van der Waals surface area contributed by atoms with Crippen LogP contribution in [0.5, 0.6) is 5.75 Å². The number of amides is 1. The maximum absolute atomic E-state index is 12.1. The third-order valence-corrected chi connectivity index (χ3v) is 3.34. The van der Waals surface area contributed by atoms with Crippen LogP contribution in [0.15, 0.2) is 24.3 Å². The van der Waals surface area contributed by atoms with Gasteiger partial charge in [0.1, 0.15) is 5.75 Å². The molecule has 4 heteroatoms. The molecule has 1 amide bonds. The van der Waals surface area contributed by atoms with Crippen LogP contribution in [0.2, 0.25) is 0 Å². The lowest BCUT2D eigenvalue weighted by Crippen LogP contribution is -2.39. The lowest BCUT2D eigenvalue weighted by molar-refractivity contribution is -0.130. The molecule has 0 heterocycles. The highest BCUT2D eigenvalue weighted by molar-refractivity contribution is 5.78. The molecule has 118 valence electrons. The molecule has 0 aliphatic heterocycles. The summed E-state index contributed by atoms with van der Waals surface area (Å²) in [5, 5.41) is 3.24. The molecule has 21 heavy (non-hydrogen) atoms. The van der Waals surface area contributed by atoms with E-state index in [-0.39, 0.29) is 5.91 Å². The van der Waals surface area contributed by atoms with E-state index < -0.39 is 0 Å². The van der Waals surface area contributed by atoms with Crippen molar-refractivity contribution in [3.63, 3.8) is 0 Å². The van der Waals surface area contributed by atoms with Crippen molar-refractivity contribution in [3.05, 3.63) is 29.8 Å². The number of methoxy groups -OCH3 is 1. The average Bonchev–Trinajstić information content (AvgIpc) is 2.51. The average molecular weight is 292 g/mol. The van der Waals surface area contributed by atoms with E-state index in [4.69, 9.17) is 4.74 Å². The van der Waals surface area contributed by atoms with E-state index >= 15 is 0 Å². The maximum Gasteiger partial charge on any atom is 0.236 e. The first kappa shape index (κ1) is 17.5. The van der Waals surface area contributed by atoms with Gasteiger partial charge in [0.05, 0.1) is 13.7 Å². The largest absolute Gasteiger partial charge is 0.497 e. The topological polar surface area (TPSA) is 41.6 Å². The van der Waals surface area contributed by atoms with Crippen LogP contribution in [0.1, 0.15) is 32.3 Å². The molecule has 0 aliphatic rings. The van der Waals surface area contributed by atoms with Crippen LogP contribution in [0.25, 0.3) is 0 Å². The number of ether oxygens (including phenoxy) is 1. The van der Waals surface area contributed by atoms with Crippen molar-refractivity contribution in [2.75, 3.05) is 33.3 Å². The molecule has 0 unspecified atom stereocenters. The van der Waals surface area contributed by atoms with Gasteiger partial charge in [-0.25, -0.2) is 0 Å². The van der Waals surface area contributed by atoms with E-state index in [1.54, 1.807) is 7.11 Å². The first-order valence-electron chi connectivity index (χ1n) is 7.82. The van der Waals surface area contributed by atoms with Crippen molar-refractivity contribution in [3.8, 4) is 5.75 Å². The number of carbonyl (C=O) groups excluding carboxylic acids is 1. The SMILES string of the molecule is CCCN(CCC)C(=O)CNCCc1cccc(OC)c1. The second-order valence-corrected chi connectivity index (χ2v) is 5.16. The van der Waals surface area contributed by atoms with E-state index in [2.05, 4.69) is 25.2 Å². The number of benzene rings is 1. The molecule has 1 aromatic carbocycles. The second kappa shape index (κ2) is 10.2. The Morgan fingerprint density at radius 1 is 1.24 bits per heavy atom. The van der Waals surface area contributed by atoms with E-state index in [1.165, 1.54) is 5.56 Å². The Hall–Kier alpha value is -1.55. The molecule has 0 aliphatic carbocycles. The number of carbonyl (C=O) groups is 1. The summed E-state index contributed by atoms with van der Waals surface area (Å²) in [5.74, 6) is 1.07. The first-order chi connectivity index (χ1) is 10.2. The van der Waals surface area contributed by atoms with Gasteiger partial charge in [-0.1, -0.05) is 26.0 Å². The zero-order valence-electron chi connectivity index (χ0n) is 13.5. The Labute approximate surface area is 128 Å². The number of rotatable bonds is 10. The van der Waals surface area contributed by atoms with Gasteiger partial charge in [0.15, 0.2) is 0 Å². The van der Waals surface area contributed by atoms with Crippen molar-refractivity contribution in [2.24, 2.45) is 0 Å². The predicted octanol–water partition coefficient (Wildman–Crippen LogP) is 2.48. The van der Waals surface area contributed by atoms with Gasteiger partial charge in [0, 0.05) is 13.1 Å². The van der Waals surface area contributed by atoms with Gasteiger partial charge in [-0.15, -0.1) is 0 Å². The molecule has 0 bridgehead atoms. The third-order valence-electron chi connectivity index (χ3n) is 3.34. The lowest BCUT2D eigenvalue weighted by Gasteiger charge is -2.21. The van der Waals surface area contributed by atoms with E-state index in [0.717, 1.165) is 44.6 Å². The number of nitrogens with one attached hydrogen (secondary N) is 1. The fourth-order valence-corrected chi connectivity index (χ4v) is 2.27. The van der Waals surface area contributed by atoms with E-state index in [9.17, 15) is 4.79 Å². The van der Waals surface area contributed by atoms with Gasteiger partial charge in [0.2, 0.25) is 5.91 Å². The first-order valence-corrected chi connectivity index (χ1v) is 7.82. The molecule has 4 nitrogen and oxygen atoms in total. The fourth-order valence-electron chi connectivity index (χ4n) is 2.27. The lowest BCUT2D eigenvalue weighted by atomic mass is 10.1. The molecule has 0 atom stereocenters. The Kier molecular flexibility index (Phi) is 8.51. The molecule has 1 aromatic rings. The third kappa shape index (κ3) is 6.63. The number of hydrogen-bond acceptors (Lipinski definition) is 3. The monoisotopic (exact) mass is 292 g/mol. The summed E-state index contributed by atoms with van der Waals surface area (Å²) in [5.41, 5.74) is 1.22. The summed E-state index contributed by atoms with van der Waals surface area (Å²) in [6.45, 7) is 7.13. The van der Waals surface area contributed by atoms with Gasteiger partial charge < -0.3 is 15.0 Å². The van der Waals surface area contributed by atoms with Crippen LogP contribution in [-0.4, -0.2) is 44.1 Å². The highest BCUT2D eigenvalue weighted by Gasteiger charge is 2.10. The van der Waals surface area contributed by atoms with Crippen molar-refractivity contribution in [2.45, 2.75) is 33.1 Å². The van der Waals surface area contributed by atoms with Crippen molar-refractivity contribution in [1.82, 2.24) is 10.2 Å². The predicted molar refractivity (Wildman–Crippen MR) is 86.7 cm³/mol. The molecular formula is C17H28N2O2. The smallest absolute Gasteiger partial charge is 0.236 e. The Bertz CT molecular complexity index is 415. The van der Waals surface area contributed by atoms with E-state index in [1.807, 2.05) is 23.1 Å². The normalized spacial score (nSPS) is 10.4. The van der Waals surface area contributed by atoms with Gasteiger partial charge in [-0.05, 0) is 43.5 Å². The summed E-state index contributed by atoms with van der Waals surface area (Å²) in [6, 6.07) is 8.04. The summed E-state index contributed by atoms with van der Waals surface area (Å²) < 4.78 is 5.20. The molecule has 0 fully saturated rings. The van der Waals surface area contributed by atoms with Crippen LogP contribution in [-0.2, 0) is 11.2 Å². The maximum atomic E-state index is 12.1. The Morgan fingerprint density at radius 3 is 2.57 bits per heavy atom. The Balaban J connectivity index is 2.30.